The summed E-state index contributed by atoms with van der Waals surface area (Å²) in [5.74, 6) is 1.10. The SMILES string of the molecule is C/C=C\C(=NC)c1cc(OC)ccc1C.CC.CCCCCCCC(=O)c1cccnc1C. The van der Waals surface area contributed by atoms with Gasteiger partial charge in [-0.2, -0.15) is 0 Å². The predicted octanol–water partition coefficient (Wildman–Crippen LogP) is 7.96. The molecule has 2 aromatic rings. The van der Waals surface area contributed by atoms with Gasteiger partial charge in [-0.25, -0.2) is 0 Å². The van der Waals surface area contributed by atoms with Gasteiger partial charge in [-0.05, 0) is 63.1 Å². The van der Waals surface area contributed by atoms with Crippen LogP contribution in [0.1, 0.15) is 93.4 Å². The zero-order valence-corrected chi connectivity index (χ0v) is 22.1. The molecule has 0 amide bonds. The number of ether oxygens (including phenoxy) is 1. The van der Waals surface area contributed by atoms with E-state index in [2.05, 4.69) is 23.8 Å². The number of aromatic nitrogens is 1. The van der Waals surface area contributed by atoms with E-state index in [1.165, 1.54) is 31.2 Å². The molecule has 1 aromatic carbocycles. The number of allylic oxidation sites excluding steroid dienone is 2. The average Bonchev–Trinajstić information content (AvgIpc) is 2.85. The fourth-order valence-corrected chi connectivity index (χ4v) is 3.25. The Morgan fingerprint density at radius 1 is 1.06 bits per heavy atom. The van der Waals surface area contributed by atoms with E-state index in [4.69, 9.17) is 4.74 Å². The standard InChI is InChI=1S/C14H21NO.C13H17NO.C2H6/c1-3-4-5-6-7-10-14(16)13-9-8-11-15-12(13)2;1-5-6-13(14-3)12-9-11(15-4)8-7-10(12)2;1-2/h8-9,11H,3-7,10H2,1-2H3;5-9H,1-4H3;1-2H3/b;6-5-,14-13?;. The molecule has 0 unspecified atom stereocenters. The lowest BCUT2D eigenvalue weighted by Gasteiger charge is -2.08. The second kappa shape index (κ2) is 18.8. The van der Waals surface area contributed by atoms with Crippen LogP contribution in [0.4, 0.5) is 0 Å². The Kier molecular flexibility index (Phi) is 17.2. The summed E-state index contributed by atoms with van der Waals surface area (Å²) < 4.78 is 5.20. The van der Waals surface area contributed by atoms with Gasteiger partial charge in [-0.3, -0.25) is 14.8 Å². The number of carbonyl (C=O) groups is 1. The Morgan fingerprint density at radius 3 is 2.33 bits per heavy atom. The van der Waals surface area contributed by atoms with E-state index in [9.17, 15) is 4.79 Å². The Labute approximate surface area is 202 Å². The monoisotopic (exact) mass is 452 g/mol. The molecule has 0 aliphatic carbocycles. The number of benzene rings is 1. The summed E-state index contributed by atoms with van der Waals surface area (Å²) in [4.78, 5) is 20.3. The Balaban J connectivity index is 0.000000578. The molecular weight excluding hydrogens is 408 g/mol. The topological polar surface area (TPSA) is 51.5 Å². The van der Waals surface area contributed by atoms with E-state index >= 15 is 0 Å². The number of rotatable bonds is 10. The molecule has 0 spiro atoms. The van der Waals surface area contributed by atoms with Gasteiger partial charge in [-0.15, -0.1) is 0 Å². The van der Waals surface area contributed by atoms with Crippen LogP contribution in [-0.2, 0) is 0 Å². The highest BCUT2D eigenvalue weighted by atomic mass is 16.5. The molecule has 1 heterocycles. The number of carbonyl (C=O) groups excluding carboxylic acids is 1. The number of methoxy groups -OCH3 is 1. The lowest BCUT2D eigenvalue weighted by Crippen LogP contribution is -2.02. The lowest BCUT2D eigenvalue weighted by atomic mass is 10.0. The number of pyridine rings is 1. The maximum Gasteiger partial charge on any atom is 0.164 e. The van der Waals surface area contributed by atoms with E-state index in [0.717, 1.165) is 34.7 Å². The first-order valence-electron chi connectivity index (χ1n) is 12.2. The van der Waals surface area contributed by atoms with Crippen LogP contribution in [-0.4, -0.2) is 30.6 Å². The number of unbranched alkanes of at least 4 members (excludes halogenated alkanes) is 4. The molecule has 33 heavy (non-hydrogen) atoms. The first kappa shape index (κ1) is 30.2. The summed E-state index contributed by atoms with van der Waals surface area (Å²) in [5, 5.41) is 0. The molecule has 4 nitrogen and oxygen atoms in total. The minimum atomic E-state index is 0.238. The Bertz CT molecular complexity index is 870. The first-order chi connectivity index (χ1) is 16.0. The van der Waals surface area contributed by atoms with Crippen LogP contribution in [0.25, 0.3) is 0 Å². The van der Waals surface area contributed by atoms with Gasteiger partial charge in [0.15, 0.2) is 5.78 Å². The quantitative estimate of drug-likeness (QED) is 0.209. The van der Waals surface area contributed by atoms with Crippen molar-refractivity contribution in [1.82, 2.24) is 4.98 Å². The van der Waals surface area contributed by atoms with Crippen LogP contribution in [0.3, 0.4) is 0 Å². The third-order valence-electron chi connectivity index (χ3n) is 5.10. The summed E-state index contributed by atoms with van der Waals surface area (Å²) in [6, 6.07) is 9.72. The number of hydrogen-bond acceptors (Lipinski definition) is 4. The van der Waals surface area contributed by atoms with E-state index in [1.807, 2.05) is 70.2 Å². The molecule has 0 aliphatic rings. The van der Waals surface area contributed by atoms with Crippen molar-refractivity contribution in [3.05, 3.63) is 71.1 Å². The van der Waals surface area contributed by atoms with Crippen molar-refractivity contribution in [3.8, 4) is 5.75 Å². The molecule has 0 atom stereocenters. The van der Waals surface area contributed by atoms with Crippen LogP contribution in [0.2, 0.25) is 0 Å². The normalized spacial score (nSPS) is 10.7. The maximum atomic E-state index is 11.9. The van der Waals surface area contributed by atoms with Crippen molar-refractivity contribution >= 4 is 11.5 Å². The van der Waals surface area contributed by atoms with Gasteiger partial charge in [0.05, 0.1) is 12.8 Å². The summed E-state index contributed by atoms with van der Waals surface area (Å²) in [6.07, 6.45) is 12.3. The first-order valence-corrected chi connectivity index (χ1v) is 12.2. The van der Waals surface area contributed by atoms with E-state index in [0.29, 0.717) is 6.42 Å². The van der Waals surface area contributed by atoms with E-state index in [-0.39, 0.29) is 5.78 Å². The van der Waals surface area contributed by atoms with Crippen LogP contribution < -0.4 is 4.74 Å². The van der Waals surface area contributed by atoms with Gasteiger partial charge < -0.3 is 4.74 Å². The number of nitrogens with zero attached hydrogens (tertiary/aromatic N) is 2. The van der Waals surface area contributed by atoms with Gasteiger partial charge in [0.25, 0.3) is 0 Å². The van der Waals surface area contributed by atoms with Gasteiger partial charge in [0, 0.05) is 36.5 Å². The van der Waals surface area contributed by atoms with Gasteiger partial charge in [-0.1, -0.05) is 58.6 Å². The molecule has 4 heteroatoms. The molecule has 1 aromatic heterocycles. The average molecular weight is 453 g/mol. The van der Waals surface area contributed by atoms with Crippen molar-refractivity contribution < 1.29 is 9.53 Å². The van der Waals surface area contributed by atoms with Crippen molar-refractivity contribution in [1.29, 1.82) is 0 Å². The third kappa shape index (κ3) is 11.6. The van der Waals surface area contributed by atoms with E-state index < -0.39 is 0 Å². The Morgan fingerprint density at radius 2 is 1.76 bits per heavy atom. The highest BCUT2D eigenvalue weighted by Crippen LogP contribution is 2.18. The minimum absolute atomic E-state index is 0.238. The molecule has 0 radical (unpaired) electrons. The fourth-order valence-electron chi connectivity index (χ4n) is 3.25. The van der Waals surface area contributed by atoms with Crippen LogP contribution >= 0.6 is 0 Å². The summed E-state index contributed by atoms with van der Waals surface area (Å²) in [5.41, 5.74) is 4.94. The minimum Gasteiger partial charge on any atom is -0.497 e. The Hall–Kier alpha value is -2.75. The molecule has 0 fully saturated rings. The van der Waals surface area contributed by atoms with Crippen LogP contribution in [0.5, 0.6) is 5.75 Å². The smallest absolute Gasteiger partial charge is 0.164 e. The van der Waals surface area contributed by atoms with Gasteiger partial charge >= 0.3 is 0 Å². The summed E-state index contributed by atoms with van der Waals surface area (Å²) in [7, 11) is 3.47. The van der Waals surface area contributed by atoms with Gasteiger partial charge in [0.2, 0.25) is 0 Å². The molecule has 0 bridgehead atoms. The van der Waals surface area contributed by atoms with Crippen molar-refractivity contribution in [2.24, 2.45) is 4.99 Å². The molecular formula is C29H44N2O2. The zero-order valence-electron chi connectivity index (χ0n) is 22.1. The second-order valence-electron chi connectivity index (χ2n) is 7.51. The second-order valence-corrected chi connectivity index (χ2v) is 7.51. The molecule has 0 aliphatic heterocycles. The third-order valence-corrected chi connectivity index (χ3v) is 5.10. The zero-order chi connectivity index (χ0) is 25.1. The lowest BCUT2D eigenvalue weighted by molar-refractivity contribution is 0.0978. The van der Waals surface area contributed by atoms with Crippen molar-refractivity contribution in [2.45, 2.75) is 80.1 Å². The predicted molar refractivity (Wildman–Crippen MR) is 143 cm³/mol. The summed E-state index contributed by atoms with van der Waals surface area (Å²) >= 11 is 0. The fraction of sp³-hybridized carbons (Fsp3) is 0.483. The maximum absolute atomic E-state index is 11.9. The molecule has 0 saturated heterocycles. The number of aliphatic imine (C=N–C) groups is 1. The number of aryl methyl sites for hydroxylation is 2. The van der Waals surface area contributed by atoms with Crippen molar-refractivity contribution in [2.75, 3.05) is 14.2 Å². The van der Waals surface area contributed by atoms with Crippen molar-refractivity contribution in [3.63, 3.8) is 0 Å². The number of Topliss-reactive ketones (excluding diaryl/α,β-unsaturated/α-hetero) is 1. The van der Waals surface area contributed by atoms with Crippen LogP contribution in [0.15, 0.2) is 53.7 Å². The van der Waals surface area contributed by atoms with Gasteiger partial charge in [0.1, 0.15) is 5.75 Å². The van der Waals surface area contributed by atoms with E-state index in [1.54, 1.807) is 20.4 Å². The number of ketones is 1. The highest BCUT2D eigenvalue weighted by Gasteiger charge is 2.08. The number of hydrogen-bond donors (Lipinski definition) is 0. The molecule has 182 valence electrons. The van der Waals surface area contributed by atoms with Crippen LogP contribution in [0, 0.1) is 13.8 Å². The molecule has 0 N–H and O–H groups in total. The highest BCUT2D eigenvalue weighted by molar-refractivity contribution is 6.09. The summed E-state index contributed by atoms with van der Waals surface area (Å²) in [6.45, 7) is 12.2. The largest absolute Gasteiger partial charge is 0.497 e. The molecule has 0 saturated carbocycles. The molecule has 2 rings (SSSR count).